The van der Waals surface area contributed by atoms with Crippen LogP contribution in [-0.2, 0) is 5.54 Å². The summed E-state index contributed by atoms with van der Waals surface area (Å²) in [4.78, 5) is 27.7. The number of thiazole rings is 1. The molecule has 3 N–H and O–H groups in total. The Morgan fingerprint density at radius 1 is 0.944 bits per heavy atom. The summed E-state index contributed by atoms with van der Waals surface area (Å²) in [6, 6.07) is 7.53. The van der Waals surface area contributed by atoms with Gasteiger partial charge in [-0.3, -0.25) is 10.00 Å². The fourth-order valence-corrected chi connectivity index (χ4v) is 5.33. The molecule has 0 radical (unpaired) electrons. The van der Waals surface area contributed by atoms with E-state index in [-0.39, 0.29) is 0 Å². The molecule has 0 spiro atoms. The molecule has 0 bridgehead atoms. The second-order valence-electron chi connectivity index (χ2n) is 7.73. The number of hydrogen-bond donors (Lipinski definition) is 3. The molecular formula is C23H16N10O2S. The van der Waals surface area contributed by atoms with Crippen LogP contribution >= 0.6 is 11.3 Å². The number of aromatic nitrogens is 8. The van der Waals surface area contributed by atoms with Crippen LogP contribution < -0.4 is 4.90 Å². The van der Waals surface area contributed by atoms with Crippen LogP contribution in [-0.4, -0.2) is 46.0 Å². The number of nitrogens with zero attached hydrogens (tertiary/aromatic N) is 7. The summed E-state index contributed by atoms with van der Waals surface area (Å²) >= 11 is 1.49. The second-order valence-corrected chi connectivity index (χ2v) is 8.62. The van der Waals surface area contributed by atoms with Crippen LogP contribution in [0.1, 0.15) is 28.0 Å². The summed E-state index contributed by atoms with van der Waals surface area (Å²) in [7, 11) is 0. The molecule has 1 atom stereocenters. The SMILES string of the molecule is c1c[nH]c(C2(c3nccs3)C(c3ccn[nH]3)=NC(c3ncco3)=C(c3ccon3)N2c2ncc[nH]2)c1. The van der Waals surface area contributed by atoms with Gasteiger partial charge in [-0.25, -0.2) is 19.9 Å². The minimum Gasteiger partial charge on any atom is -0.443 e. The molecule has 13 heteroatoms. The molecule has 36 heavy (non-hydrogen) atoms. The average molecular weight is 497 g/mol. The third kappa shape index (κ3) is 2.86. The van der Waals surface area contributed by atoms with Crippen molar-refractivity contribution in [2.75, 3.05) is 4.90 Å². The summed E-state index contributed by atoms with van der Waals surface area (Å²) in [5.41, 5.74) is 2.48. The van der Waals surface area contributed by atoms with Crippen LogP contribution in [0.4, 0.5) is 5.95 Å². The van der Waals surface area contributed by atoms with Crippen molar-refractivity contribution in [3.05, 3.63) is 107 Å². The van der Waals surface area contributed by atoms with Gasteiger partial charge in [0.1, 0.15) is 34.6 Å². The van der Waals surface area contributed by atoms with E-state index >= 15 is 0 Å². The Bertz CT molecular complexity index is 1580. The minimum absolute atomic E-state index is 0.306. The van der Waals surface area contributed by atoms with Crippen molar-refractivity contribution >= 4 is 34.4 Å². The number of anilines is 1. The van der Waals surface area contributed by atoms with Crippen LogP contribution in [0.5, 0.6) is 0 Å². The third-order valence-electron chi connectivity index (χ3n) is 5.85. The van der Waals surface area contributed by atoms with E-state index in [0.29, 0.717) is 40.3 Å². The van der Waals surface area contributed by atoms with Gasteiger partial charge in [-0.15, -0.1) is 11.3 Å². The van der Waals surface area contributed by atoms with Crippen molar-refractivity contribution < 1.29 is 8.94 Å². The molecule has 0 saturated carbocycles. The fraction of sp³-hybridized carbons (Fsp3) is 0.0435. The predicted octanol–water partition coefficient (Wildman–Crippen LogP) is 3.67. The van der Waals surface area contributed by atoms with Gasteiger partial charge in [0.05, 0.1) is 17.6 Å². The van der Waals surface area contributed by atoms with Crippen molar-refractivity contribution in [3.63, 3.8) is 0 Å². The van der Waals surface area contributed by atoms with Gasteiger partial charge in [0.15, 0.2) is 11.2 Å². The normalized spacial score (nSPS) is 18.1. The largest absolute Gasteiger partial charge is 0.443 e. The predicted molar refractivity (Wildman–Crippen MR) is 130 cm³/mol. The van der Waals surface area contributed by atoms with Gasteiger partial charge in [-0.05, 0) is 18.2 Å². The van der Waals surface area contributed by atoms with Gasteiger partial charge in [0, 0.05) is 42.4 Å². The lowest BCUT2D eigenvalue weighted by molar-refractivity contribution is 0.417. The van der Waals surface area contributed by atoms with Crippen LogP contribution in [0.3, 0.4) is 0 Å². The molecule has 0 aliphatic carbocycles. The number of aliphatic imine (C=N–C) groups is 1. The van der Waals surface area contributed by atoms with E-state index in [1.54, 1.807) is 37.1 Å². The molecule has 0 amide bonds. The number of imidazole rings is 1. The van der Waals surface area contributed by atoms with E-state index in [0.717, 1.165) is 10.7 Å². The van der Waals surface area contributed by atoms with Crippen LogP contribution in [0.25, 0.3) is 11.4 Å². The summed E-state index contributed by atoms with van der Waals surface area (Å²) in [5, 5.41) is 14.2. The standard InChI is InChI=1S/C23H16N10O2S/c1-2-16(24-5-1)23(21-26-10-13-36-21)19(15-3-6-29-31-15)30-17(20-25-9-12-34-20)18(14-4-11-35-32-14)33(23)22-27-7-8-28-22/h1-13,24H,(H,27,28)(H,29,31). The number of aromatic amines is 3. The van der Waals surface area contributed by atoms with Crippen molar-refractivity contribution in [3.8, 4) is 0 Å². The molecule has 12 nitrogen and oxygen atoms in total. The summed E-state index contributed by atoms with van der Waals surface area (Å²) in [6.07, 6.45) is 13.3. The van der Waals surface area contributed by atoms with Gasteiger partial charge in [0.2, 0.25) is 11.8 Å². The van der Waals surface area contributed by atoms with Crippen molar-refractivity contribution in [1.82, 2.24) is 40.3 Å². The van der Waals surface area contributed by atoms with Gasteiger partial charge in [0.25, 0.3) is 0 Å². The lowest BCUT2D eigenvalue weighted by Gasteiger charge is -2.45. The minimum atomic E-state index is -1.12. The molecule has 0 fully saturated rings. The van der Waals surface area contributed by atoms with E-state index in [2.05, 4.69) is 35.3 Å². The molecule has 176 valence electrons. The van der Waals surface area contributed by atoms with Gasteiger partial charge in [-0.1, -0.05) is 5.16 Å². The van der Waals surface area contributed by atoms with Crippen LogP contribution in [0, 0.1) is 0 Å². The zero-order chi connectivity index (χ0) is 24.0. The monoisotopic (exact) mass is 496 g/mol. The summed E-state index contributed by atoms with van der Waals surface area (Å²) < 4.78 is 11.0. The van der Waals surface area contributed by atoms with E-state index in [4.69, 9.17) is 18.9 Å². The Morgan fingerprint density at radius 2 is 1.94 bits per heavy atom. The summed E-state index contributed by atoms with van der Waals surface area (Å²) in [5.74, 6) is 0.828. The molecule has 0 saturated heterocycles. The van der Waals surface area contributed by atoms with E-state index in [1.807, 2.05) is 34.7 Å². The second kappa shape index (κ2) is 8.02. The quantitative estimate of drug-likeness (QED) is 0.316. The highest BCUT2D eigenvalue weighted by molar-refractivity contribution is 7.10. The Labute approximate surface area is 206 Å². The number of oxazole rings is 1. The molecule has 6 aromatic rings. The van der Waals surface area contributed by atoms with Crippen molar-refractivity contribution in [1.29, 1.82) is 0 Å². The number of nitrogens with one attached hydrogen (secondary N) is 3. The molecule has 1 unspecified atom stereocenters. The Morgan fingerprint density at radius 3 is 2.61 bits per heavy atom. The molecule has 1 aliphatic rings. The lowest BCUT2D eigenvalue weighted by atomic mass is 9.83. The Kier molecular flexibility index (Phi) is 4.53. The van der Waals surface area contributed by atoms with E-state index < -0.39 is 5.54 Å². The van der Waals surface area contributed by atoms with Gasteiger partial charge in [-0.2, -0.15) is 5.10 Å². The van der Waals surface area contributed by atoms with Gasteiger partial charge >= 0.3 is 0 Å². The summed E-state index contributed by atoms with van der Waals surface area (Å²) in [6.45, 7) is 0. The first kappa shape index (κ1) is 20.3. The average Bonchev–Trinajstić information content (AvgIpc) is 3.79. The first-order chi connectivity index (χ1) is 17.9. The molecule has 7 rings (SSSR count). The lowest BCUT2D eigenvalue weighted by Crippen LogP contribution is -2.55. The number of hydrogen-bond acceptors (Lipinski definition) is 10. The molecule has 0 aromatic carbocycles. The van der Waals surface area contributed by atoms with E-state index in [1.165, 1.54) is 23.9 Å². The fourth-order valence-electron chi connectivity index (χ4n) is 4.49. The maximum absolute atomic E-state index is 5.74. The highest BCUT2D eigenvalue weighted by atomic mass is 32.1. The molecular weight excluding hydrogens is 480 g/mol. The maximum atomic E-state index is 5.74. The first-order valence-electron chi connectivity index (χ1n) is 10.8. The zero-order valence-electron chi connectivity index (χ0n) is 18.4. The Balaban J connectivity index is 1.68. The highest BCUT2D eigenvalue weighted by Gasteiger charge is 2.55. The smallest absolute Gasteiger partial charge is 0.247 e. The maximum Gasteiger partial charge on any atom is 0.247 e. The van der Waals surface area contributed by atoms with E-state index in [9.17, 15) is 0 Å². The molecule has 1 aliphatic heterocycles. The van der Waals surface area contributed by atoms with Gasteiger partial charge < -0.3 is 18.9 Å². The van der Waals surface area contributed by atoms with Crippen LogP contribution in [0.15, 0.2) is 93.3 Å². The van der Waals surface area contributed by atoms with Crippen molar-refractivity contribution in [2.24, 2.45) is 4.99 Å². The highest BCUT2D eigenvalue weighted by Crippen LogP contribution is 2.50. The van der Waals surface area contributed by atoms with Crippen molar-refractivity contribution in [2.45, 2.75) is 5.54 Å². The molecule has 6 aromatic heterocycles. The zero-order valence-corrected chi connectivity index (χ0v) is 19.2. The Hall–Kier alpha value is -5.04. The number of H-pyrrole nitrogens is 3. The number of rotatable bonds is 6. The third-order valence-corrected chi connectivity index (χ3v) is 6.73. The topological polar surface area (TPSA) is 154 Å². The van der Waals surface area contributed by atoms with Crippen LogP contribution in [0.2, 0.25) is 0 Å². The first-order valence-corrected chi connectivity index (χ1v) is 11.7. The molecule has 7 heterocycles.